The summed E-state index contributed by atoms with van der Waals surface area (Å²) in [6.07, 6.45) is -2.83. The van der Waals surface area contributed by atoms with Crippen LogP contribution in [-0.2, 0) is 30.1 Å². The second-order valence-corrected chi connectivity index (χ2v) is 25.2. The first-order chi connectivity index (χ1) is 17.1. The molecule has 0 fully saturated rings. The molecule has 40 heavy (non-hydrogen) atoms. The average Bonchev–Trinajstić information content (AvgIpc) is 2.55. The molecule has 0 N–H and O–H groups in total. The van der Waals surface area contributed by atoms with E-state index < -0.39 is 47.3 Å². The van der Waals surface area contributed by atoms with Gasteiger partial charge in [-0.2, -0.15) is 16.8 Å². The number of nitro groups is 1. The summed E-state index contributed by atoms with van der Waals surface area (Å²) < 4.78 is 103. The van der Waals surface area contributed by atoms with Crippen LogP contribution in [0, 0.1) is 10.1 Å². The Morgan fingerprint density at radius 3 is 1.10 bits per heavy atom. The van der Waals surface area contributed by atoms with Crippen LogP contribution in [0.25, 0.3) is 0 Å². The van der Waals surface area contributed by atoms with E-state index in [0.717, 1.165) is 0 Å². The maximum atomic E-state index is 11.1. The lowest BCUT2D eigenvalue weighted by Crippen LogP contribution is -1.97. The maximum absolute atomic E-state index is 11.1. The first-order valence-corrected chi connectivity index (χ1v) is 22.3. The van der Waals surface area contributed by atoms with E-state index in [1.54, 1.807) is 0 Å². The summed E-state index contributed by atoms with van der Waals surface area (Å²) in [7, 11) is -0.853. The van der Waals surface area contributed by atoms with Crippen molar-refractivity contribution in [3.63, 3.8) is 0 Å². The van der Waals surface area contributed by atoms with Gasteiger partial charge in [-0.3, -0.25) is 24.3 Å². The SMILES string of the molecule is O=C(Br)Br.O=C(Cl)Cl.O=C(F)F.O=S(=O)(Br)Br.O=S(=O)(Cl)Cl.O=S(=O)(F)F.O=[N+]([O-])c1ccc(P(=O)(Cl)Cl)cc1. The van der Waals surface area contributed by atoms with E-state index in [1.165, 1.54) is 24.3 Å². The van der Waals surface area contributed by atoms with Gasteiger partial charge in [0.25, 0.3) is 21.8 Å². The zero-order valence-electron chi connectivity index (χ0n) is 17.1. The molecule has 1 aromatic carbocycles. The molecule has 31 heteroatoms. The zero-order chi connectivity index (χ0) is 34.3. The molecule has 0 aliphatic heterocycles. The summed E-state index contributed by atoms with van der Waals surface area (Å²) in [6, 6.07) is 4.96. The summed E-state index contributed by atoms with van der Waals surface area (Å²) in [6.45, 7) is -3.04. The first kappa shape index (κ1) is 53.6. The fourth-order valence-electron chi connectivity index (χ4n) is 0.748. The normalized spacial score (nSPS) is 9.95. The molecule has 13 nitrogen and oxygen atoms in total. The van der Waals surface area contributed by atoms with E-state index in [4.69, 9.17) is 48.9 Å². The highest BCUT2D eigenvalue weighted by Gasteiger charge is 2.18. The molecule has 0 radical (unpaired) electrons. The maximum Gasteiger partial charge on any atom is 0.483 e. The third-order valence-electron chi connectivity index (χ3n) is 1.36. The molecule has 0 aliphatic rings. The molecule has 1 aromatic rings. The second kappa shape index (κ2) is 27.6. The monoisotopic (exact) mass is 1050 g/mol. The molecule has 0 unspecified atom stereocenters. The van der Waals surface area contributed by atoms with Gasteiger partial charge in [0.05, 0.1) is 34.5 Å². The van der Waals surface area contributed by atoms with Crippen molar-refractivity contribution >= 4 is 186 Å². The lowest BCUT2D eigenvalue weighted by molar-refractivity contribution is -0.384. The molecule has 0 saturated carbocycles. The zero-order valence-corrected chi connectivity index (χ0v) is 31.3. The van der Waals surface area contributed by atoms with Crippen molar-refractivity contribution in [2.75, 3.05) is 0 Å². The minimum atomic E-state index is -5.67. The van der Waals surface area contributed by atoms with Gasteiger partial charge in [-0.15, -0.1) is 8.78 Å². The minimum Gasteiger partial charge on any atom is -0.284 e. The number of nitro benzene ring substituents is 1. The van der Waals surface area contributed by atoms with Crippen LogP contribution in [0.3, 0.4) is 0 Å². The molecule has 0 saturated heterocycles. The Balaban J connectivity index is -0.0000000913. The van der Waals surface area contributed by atoms with Crippen molar-refractivity contribution in [2.45, 2.75) is 0 Å². The highest BCUT2D eigenvalue weighted by atomic mass is 79.9. The van der Waals surface area contributed by atoms with E-state index >= 15 is 0 Å². The van der Waals surface area contributed by atoms with E-state index in [0.29, 0.717) is 0 Å². The largest absolute Gasteiger partial charge is 0.483 e. The fraction of sp³-hybridized carbons (Fsp3) is 0. The van der Waals surface area contributed by atoms with Crippen LogP contribution in [0.1, 0.15) is 0 Å². The van der Waals surface area contributed by atoms with Crippen molar-refractivity contribution in [1.82, 2.24) is 0 Å². The van der Waals surface area contributed by atoms with Gasteiger partial charge in [0, 0.05) is 70.7 Å². The van der Waals surface area contributed by atoms with Gasteiger partial charge in [-0.05, 0) is 57.8 Å². The van der Waals surface area contributed by atoms with Crippen LogP contribution >= 0.6 is 134 Å². The van der Waals surface area contributed by atoms with E-state index in [9.17, 15) is 44.4 Å². The Bertz CT molecular complexity index is 1170. The molecule has 238 valence electrons. The minimum absolute atomic E-state index is 0.0921. The molecular weight excluding hydrogens is 1050 g/mol. The average molecular weight is 1050 g/mol. The smallest absolute Gasteiger partial charge is 0.284 e. The predicted octanol–water partition coefficient (Wildman–Crippen LogP) is 9.32. The van der Waals surface area contributed by atoms with Crippen LogP contribution in [-0.4, -0.2) is 44.8 Å². The van der Waals surface area contributed by atoms with Crippen molar-refractivity contribution in [2.24, 2.45) is 0 Å². The third-order valence-corrected chi connectivity index (χ3v) is 3.43. The van der Waals surface area contributed by atoms with Crippen LogP contribution in [0.4, 0.5) is 36.6 Å². The summed E-state index contributed by atoms with van der Waals surface area (Å²) in [5.41, 5.74) is -0.0921. The van der Waals surface area contributed by atoms with Crippen LogP contribution in [0.15, 0.2) is 24.3 Å². The van der Waals surface area contributed by atoms with Gasteiger partial charge in [-0.1, -0.05) is 7.77 Å². The lowest BCUT2D eigenvalue weighted by Gasteiger charge is -1.99. The molecule has 0 spiro atoms. The quantitative estimate of drug-likeness (QED) is 0.0891. The molecule has 0 amide bonds. The Morgan fingerprint density at radius 1 is 0.850 bits per heavy atom. The Morgan fingerprint density at radius 2 is 1.00 bits per heavy atom. The van der Waals surface area contributed by atoms with Gasteiger partial charge >= 0.3 is 29.9 Å². The molecular formula is C9H4Br4Cl6F4NO12PS3. The Labute approximate surface area is 282 Å². The number of hydrogen-bond acceptors (Lipinski definition) is 12. The molecule has 0 aliphatic carbocycles. The molecule has 1 rings (SSSR count). The van der Waals surface area contributed by atoms with E-state index in [-0.39, 0.29) is 14.6 Å². The highest BCUT2D eigenvalue weighted by Crippen LogP contribution is 2.55. The number of non-ortho nitro benzene ring substituents is 1. The van der Waals surface area contributed by atoms with Gasteiger partial charge in [0.15, 0.2) is 0 Å². The predicted molar refractivity (Wildman–Crippen MR) is 159 cm³/mol. The summed E-state index contributed by atoms with van der Waals surface area (Å²) in [5.74, 6) is -3.35. The molecule has 0 atom stereocenters. The van der Waals surface area contributed by atoms with Crippen molar-refractivity contribution < 1.29 is 65.7 Å². The third kappa shape index (κ3) is 128. The molecule has 0 heterocycles. The number of halogens is 14. The van der Waals surface area contributed by atoms with E-state index in [2.05, 4.69) is 106 Å². The van der Waals surface area contributed by atoms with Crippen LogP contribution < -0.4 is 5.30 Å². The second-order valence-electron chi connectivity index (χ2n) is 4.05. The highest BCUT2D eigenvalue weighted by molar-refractivity contribution is 9.79. The first-order valence-electron chi connectivity index (χ1n) is 6.83. The number of carbonyl (C=O) groups excluding carboxylic acids is 3. The Kier molecular flexibility index (Phi) is 37.0. The fourth-order valence-corrected chi connectivity index (χ4v) is 1.92. The topological polar surface area (TPSA) is 214 Å². The Hall–Kier alpha value is 1.09. The van der Waals surface area contributed by atoms with Crippen molar-refractivity contribution in [3.8, 4) is 0 Å². The number of rotatable bonds is 2. The number of carbonyl (C=O) groups is 3. The van der Waals surface area contributed by atoms with Gasteiger partial charge < -0.3 is 0 Å². The van der Waals surface area contributed by atoms with Crippen molar-refractivity contribution in [1.29, 1.82) is 0 Å². The molecule has 0 aromatic heterocycles. The number of hydrogen-bond donors (Lipinski definition) is 0. The van der Waals surface area contributed by atoms with Gasteiger partial charge in [-0.25, -0.2) is 13.2 Å². The van der Waals surface area contributed by atoms with Crippen LogP contribution in [0.5, 0.6) is 0 Å². The molecule has 0 bridgehead atoms. The van der Waals surface area contributed by atoms with Gasteiger partial charge in [0.2, 0.25) is 0 Å². The van der Waals surface area contributed by atoms with Crippen molar-refractivity contribution in [3.05, 3.63) is 34.4 Å². The number of benzene rings is 1. The number of nitrogens with zero attached hydrogens (tertiary/aromatic N) is 1. The van der Waals surface area contributed by atoms with E-state index in [1.807, 2.05) is 0 Å². The lowest BCUT2D eigenvalue weighted by atomic mass is 10.3. The summed E-state index contributed by atoms with van der Waals surface area (Å²) in [5, 5.41) is 10.4. The summed E-state index contributed by atoms with van der Waals surface area (Å²) >= 11 is 29.1. The standard InChI is InChI=1S/C6H4Cl2NO3P.CBr2O.CCl2O.CF2O.Br2O2S.Cl2O2S.F2O2S/c7-13(8,12)6-3-1-5(2-4-6)9(10)11;3*2-1(3)4;3*1-5(2,3)4/h1-4H;;;;;;. The summed E-state index contributed by atoms with van der Waals surface area (Å²) in [4.78, 5) is 36.0. The van der Waals surface area contributed by atoms with Crippen LogP contribution in [0.2, 0.25) is 0 Å². The van der Waals surface area contributed by atoms with Gasteiger partial charge in [0.1, 0.15) is 0 Å².